The van der Waals surface area contributed by atoms with Gasteiger partial charge in [-0.3, -0.25) is 14.3 Å². The number of hydrogen-bond acceptors (Lipinski definition) is 4. The van der Waals surface area contributed by atoms with Gasteiger partial charge in [0, 0.05) is 18.0 Å². The maximum Gasteiger partial charge on any atom is 0.256 e. The molecule has 3 aliphatic rings. The van der Waals surface area contributed by atoms with E-state index in [2.05, 4.69) is 5.10 Å². The molecule has 5 rings (SSSR count). The largest absolute Gasteiger partial charge is 0.383 e. The van der Waals surface area contributed by atoms with Crippen LogP contribution in [0.5, 0.6) is 0 Å². The van der Waals surface area contributed by atoms with Crippen LogP contribution in [0.1, 0.15) is 31.0 Å². The number of carbonyl (C=O) groups excluding carboxylic acids is 2. The van der Waals surface area contributed by atoms with Gasteiger partial charge < -0.3 is 14.9 Å². The molecular formula is C21H21F3N4O3. The molecule has 1 unspecified atom stereocenters. The molecule has 1 aliphatic carbocycles. The number of rotatable bonds is 3. The third-order valence-corrected chi connectivity index (χ3v) is 6.67. The van der Waals surface area contributed by atoms with Crippen molar-refractivity contribution >= 4 is 17.5 Å². The lowest BCUT2D eigenvalue weighted by atomic mass is 10.0. The van der Waals surface area contributed by atoms with E-state index in [1.54, 1.807) is 20.7 Å². The Morgan fingerprint density at radius 2 is 1.94 bits per heavy atom. The fourth-order valence-electron chi connectivity index (χ4n) is 4.62. The fraction of sp³-hybridized carbons (Fsp3) is 0.476. The number of hydrogen-bond donors (Lipinski definition) is 1. The van der Waals surface area contributed by atoms with E-state index in [9.17, 15) is 27.9 Å². The highest BCUT2D eigenvalue weighted by atomic mass is 19.2. The molecule has 2 atom stereocenters. The Balaban J connectivity index is 1.38. The van der Waals surface area contributed by atoms with Crippen LogP contribution >= 0.6 is 0 Å². The van der Waals surface area contributed by atoms with Gasteiger partial charge >= 0.3 is 0 Å². The molecule has 7 nitrogen and oxygen atoms in total. The summed E-state index contributed by atoms with van der Waals surface area (Å²) in [5.41, 5.74) is 0.902. The van der Waals surface area contributed by atoms with Crippen LogP contribution in [0.2, 0.25) is 0 Å². The maximum absolute atomic E-state index is 13.5. The first-order chi connectivity index (χ1) is 14.7. The Hall–Kier alpha value is -2.88. The van der Waals surface area contributed by atoms with Crippen molar-refractivity contribution in [2.45, 2.75) is 51.4 Å². The van der Waals surface area contributed by atoms with Crippen molar-refractivity contribution in [3.63, 3.8) is 0 Å². The second kappa shape index (κ2) is 6.81. The van der Waals surface area contributed by atoms with E-state index in [0.717, 1.165) is 25.0 Å². The zero-order valence-corrected chi connectivity index (χ0v) is 16.8. The molecule has 3 heterocycles. The lowest BCUT2D eigenvalue weighted by molar-refractivity contribution is -0.134. The van der Waals surface area contributed by atoms with Gasteiger partial charge in [-0.15, -0.1) is 0 Å². The monoisotopic (exact) mass is 434 g/mol. The molecule has 2 aliphatic heterocycles. The molecule has 2 aromatic rings. The quantitative estimate of drug-likeness (QED) is 0.747. The summed E-state index contributed by atoms with van der Waals surface area (Å²) < 4.78 is 42.0. The van der Waals surface area contributed by atoms with Gasteiger partial charge in [-0.05, 0) is 37.5 Å². The highest BCUT2D eigenvalue weighted by Crippen LogP contribution is 2.54. The van der Waals surface area contributed by atoms with Gasteiger partial charge in [0.15, 0.2) is 17.5 Å². The van der Waals surface area contributed by atoms with Gasteiger partial charge in [-0.25, -0.2) is 13.2 Å². The van der Waals surface area contributed by atoms with Crippen molar-refractivity contribution in [3.8, 4) is 0 Å². The predicted octanol–water partition coefficient (Wildman–Crippen LogP) is 1.76. The zero-order chi connectivity index (χ0) is 22.1. The molecule has 1 saturated carbocycles. The van der Waals surface area contributed by atoms with Gasteiger partial charge in [-0.2, -0.15) is 5.10 Å². The van der Waals surface area contributed by atoms with Crippen molar-refractivity contribution in [2.24, 2.45) is 5.41 Å². The average Bonchev–Trinajstić information content (AvgIpc) is 3.34. The second-order valence-corrected chi connectivity index (χ2v) is 8.77. The number of aromatic nitrogens is 2. The molecule has 164 valence electrons. The van der Waals surface area contributed by atoms with E-state index in [0.29, 0.717) is 24.5 Å². The van der Waals surface area contributed by atoms with E-state index in [-0.39, 0.29) is 41.8 Å². The van der Waals surface area contributed by atoms with E-state index >= 15 is 0 Å². The number of nitrogens with zero attached hydrogens (tertiary/aromatic N) is 4. The molecule has 2 fully saturated rings. The molecule has 1 N–H and O–H groups in total. The van der Waals surface area contributed by atoms with Crippen molar-refractivity contribution in [1.82, 2.24) is 14.7 Å². The molecule has 2 amide bonds. The molecule has 0 bridgehead atoms. The number of amides is 2. The standard InChI is InChI=1S/C21H21F3N4O3/c1-11-8-28-16(15(7-25-28)27-10-21(2-3-21)19(30)20(27)31)9-26(11)17(29)6-12-4-13(22)18(24)14(23)5-12/h4-5,7,11,19,30H,2-3,6,8-10H2,1H3/t11-,19?/m0/s1. The van der Waals surface area contributed by atoms with Gasteiger partial charge in [-0.1, -0.05) is 0 Å². The minimum absolute atomic E-state index is 0.0430. The van der Waals surface area contributed by atoms with Crippen LogP contribution in [0, 0.1) is 22.9 Å². The van der Waals surface area contributed by atoms with E-state index < -0.39 is 23.6 Å². The number of fused-ring (bicyclic) bond motifs is 1. The zero-order valence-electron chi connectivity index (χ0n) is 16.8. The van der Waals surface area contributed by atoms with E-state index in [1.165, 1.54) is 0 Å². The number of carbonyl (C=O) groups is 2. The first-order valence-electron chi connectivity index (χ1n) is 10.2. The highest BCUT2D eigenvalue weighted by molar-refractivity contribution is 6.00. The summed E-state index contributed by atoms with van der Waals surface area (Å²) in [6.07, 6.45) is 1.87. The predicted molar refractivity (Wildman–Crippen MR) is 102 cm³/mol. The summed E-state index contributed by atoms with van der Waals surface area (Å²) in [5, 5.41) is 14.7. The summed E-state index contributed by atoms with van der Waals surface area (Å²) in [4.78, 5) is 28.6. The molecule has 1 spiro atoms. The van der Waals surface area contributed by atoms with Gasteiger partial charge in [0.1, 0.15) is 6.10 Å². The number of anilines is 1. The Labute approximate surface area is 176 Å². The van der Waals surface area contributed by atoms with Gasteiger partial charge in [0.25, 0.3) is 5.91 Å². The number of benzene rings is 1. The molecular weight excluding hydrogens is 413 g/mol. The smallest absolute Gasteiger partial charge is 0.256 e. The van der Waals surface area contributed by atoms with Crippen molar-refractivity contribution < 1.29 is 27.9 Å². The lowest BCUT2D eigenvalue weighted by Gasteiger charge is -2.35. The first kappa shape index (κ1) is 20.0. The normalized spacial score (nSPS) is 24.1. The minimum atomic E-state index is -1.57. The van der Waals surface area contributed by atoms with Crippen molar-refractivity contribution in [3.05, 3.63) is 47.0 Å². The van der Waals surface area contributed by atoms with Crippen LogP contribution in [-0.2, 0) is 29.1 Å². The average molecular weight is 434 g/mol. The van der Waals surface area contributed by atoms with Crippen LogP contribution < -0.4 is 4.90 Å². The summed E-state index contributed by atoms with van der Waals surface area (Å²) in [7, 11) is 0. The van der Waals surface area contributed by atoms with Crippen LogP contribution in [0.4, 0.5) is 18.9 Å². The minimum Gasteiger partial charge on any atom is -0.383 e. The molecule has 31 heavy (non-hydrogen) atoms. The van der Waals surface area contributed by atoms with Crippen LogP contribution in [0.15, 0.2) is 18.3 Å². The summed E-state index contributed by atoms with van der Waals surface area (Å²) >= 11 is 0. The summed E-state index contributed by atoms with van der Waals surface area (Å²) in [5.74, 6) is -4.98. The maximum atomic E-state index is 13.5. The Bertz CT molecular complexity index is 1070. The molecule has 0 radical (unpaired) electrons. The molecule has 1 aromatic heterocycles. The summed E-state index contributed by atoms with van der Waals surface area (Å²) in [6, 6.07) is 1.40. The third kappa shape index (κ3) is 3.12. The molecule has 1 saturated heterocycles. The summed E-state index contributed by atoms with van der Waals surface area (Å²) in [6.45, 7) is 2.80. The second-order valence-electron chi connectivity index (χ2n) is 8.77. The number of halogens is 3. The lowest BCUT2D eigenvalue weighted by Crippen LogP contribution is -2.46. The Kier molecular flexibility index (Phi) is 4.40. The highest BCUT2D eigenvalue weighted by Gasteiger charge is 2.60. The van der Waals surface area contributed by atoms with E-state index in [1.807, 2.05) is 6.92 Å². The molecule has 10 heteroatoms. The number of aliphatic hydroxyl groups is 1. The first-order valence-corrected chi connectivity index (χ1v) is 10.2. The van der Waals surface area contributed by atoms with Crippen LogP contribution in [0.3, 0.4) is 0 Å². The molecule has 1 aromatic carbocycles. The third-order valence-electron chi connectivity index (χ3n) is 6.67. The topological polar surface area (TPSA) is 78.7 Å². The van der Waals surface area contributed by atoms with Crippen molar-refractivity contribution in [1.29, 1.82) is 0 Å². The van der Waals surface area contributed by atoms with E-state index in [4.69, 9.17) is 0 Å². The number of aliphatic hydroxyl groups excluding tert-OH is 1. The SMILES string of the molecule is C[C@H]1Cn2ncc(N3CC4(CC4)C(O)C3=O)c2CN1C(=O)Cc1cc(F)c(F)c(F)c1. The van der Waals surface area contributed by atoms with Gasteiger partial charge in [0.2, 0.25) is 5.91 Å². The fourth-order valence-corrected chi connectivity index (χ4v) is 4.62. The van der Waals surface area contributed by atoms with Crippen LogP contribution in [-0.4, -0.2) is 50.3 Å². The Morgan fingerprint density at radius 3 is 2.55 bits per heavy atom. The Morgan fingerprint density at radius 1 is 1.26 bits per heavy atom. The van der Waals surface area contributed by atoms with Gasteiger partial charge in [0.05, 0.1) is 37.1 Å². The van der Waals surface area contributed by atoms with Crippen molar-refractivity contribution in [2.75, 3.05) is 11.4 Å². The van der Waals surface area contributed by atoms with Crippen LogP contribution in [0.25, 0.3) is 0 Å².